The lowest BCUT2D eigenvalue weighted by atomic mass is 10.1. The molecule has 0 spiro atoms. The molecule has 0 saturated heterocycles. The van der Waals surface area contributed by atoms with Crippen LogP contribution < -0.4 is 0 Å². The number of thioether (sulfide) groups is 1. The number of aromatic nitrogens is 1. The summed E-state index contributed by atoms with van der Waals surface area (Å²) in [6, 6.07) is 8.19. The summed E-state index contributed by atoms with van der Waals surface area (Å²) in [7, 11) is -3.56. The molecule has 0 bridgehead atoms. The Hall–Kier alpha value is -2.98. The van der Waals surface area contributed by atoms with Crippen LogP contribution in [-0.2, 0) is 14.6 Å². The number of aryl methyl sites for hydroxylation is 3. The molecule has 0 radical (unpaired) electrons. The van der Waals surface area contributed by atoms with E-state index in [0.717, 1.165) is 39.4 Å². The van der Waals surface area contributed by atoms with Crippen LogP contribution in [0.25, 0.3) is 11.8 Å². The molecule has 8 nitrogen and oxygen atoms in total. The van der Waals surface area contributed by atoms with E-state index in [4.69, 9.17) is 5.41 Å². The van der Waals surface area contributed by atoms with Crippen LogP contribution in [0.1, 0.15) is 35.0 Å². The number of hydrogen-bond donors (Lipinski definition) is 1. The van der Waals surface area contributed by atoms with E-state index in [9.17, 15) is 13.2 Å². The van der Waals surface area contributed by atoms with E-state index in [0.29, 0.717) is 0 Å². The number of hydrogen-bond acceptors (Lipinski definition) is 6. The van der Waals surface area contributed by atoms with Gasteiger partial charge in [-0.25, -0.2) is 8.42 Å². The first-order valence-corrected chi connectivity index (χ1v) is 12.5. The quantitative estimate of drug-likeness (QED) is 0.689. The Morgan fingerprint density at radius 3 is 2.50 bits per heavy atom. The van der Waals surface area contributed by atoms with Gasteiger partial charge in [-0.3, -0.25) is 10.2 Å². The Balaban J connectivity index is 1.75. The van der Waals surface area contributed by atoms with Gasteiger partial charge in [0, 0.05) is 17.1 Å². The Morgan fingerprint density at radius 1 is 1.12 bits per heavy atom. The minimum Gasteiger partial charge on any atom is -0.318 e. The molecule has 0 unspecified atom stereocenters. The van der Waals surface area contributed by atoms with Crippen molar-refractivity contribution in [1.29, 1.82) is 5.41 Å². The minimum absolute atomic E-state index is 0.0635. The molecule has 32 heavy (non-hydrogen) atoms. The molecular weight excluding hydrogens is 446 g/mol. The third-order valence-corrected chi connectivity index (χ3v) is 8.69. The van der Waals surface area contributed by atoms with Gasteiger partial charge in [-0.15, -0.1) is 5.10 Å². The summed E-state index contributed by atoms with van der Waals surface area (Å²) in [6.45, 7) is 9.59. The van der Waals surface area contributed by atoms with Gasteiger partial charge in [-0.05, 0) is 80.4 Å². The van der Waals surface area contributed by atoms with Gasteiger partial charge in [-0.1, -0.05) is 13.0 Å². The van der Waals surface area contributed by atoms with Gasteiger partial charge < -0.3 is 4.57 Å². The maximum absolute atomic E-state index is 12.7. The van der Waals surface area contributed by atoms with Gasteiger partial charge in [0.15, 0.2) is 5.84 Å². The highest BCUT2D eigenvalue weighted by Gasteiger charge is 2.39. The number of nitrogens with zero attached hydrogens (tertiary/aromatic N) is 4. The van der Waals surface area contributed by atoms with E-state index in [-0.39, 0.29) is 26.7 Å². The summed E-state index contributed by atoms with van der Waals surface area (Å²) in [5.41, 5.74) is 6.17. The number of amidine groups is 2. The number of sulfone groups is 1. The first-order valence-electron chi connectivity index (χ1n) is 10.0. The molecule has 10 heteroatoms. The SMILES string of the molecule is CCS(=O)(=O)C1=NN2C(=N)/C(=C/c3cc(C)n(-c4ccc(C)c(C)c4)c3C)C(=O)N=C2S1. The predicted octanol–water partition coefficient (Wildman–Crippen LogP) is 3.72. The molecule has 0 saturated carbocycles. The number of nitrogens with one attached hydrogen (secondary N) is 1. The summed E-state index contributed by atoms with van der Waals surface area (Å²) in [4.78, 5) is 16.7. The molecule has 166 valence electrons. The smallest absolute Gasteiger partial charge is 0.283 e. The summed E-state index contributed by atoms with van der Waals surface area (Å²) in [5.74, 6) is -0.895. The van der Waals surface area contributed by atoms with Gasteiger partial charge in [0.1, 0.15) is 0 Å². The van der Waals surface area contributed by atoms with Crippen LogP contribution in [0, 0.1) is 33.1 Å². The normalized spacial score (nSPS) is 17.7. The maximum Gasteiger partial charge on any atom is 0.283 e. The summed E-state index contributed by atoms with van der Waals surface area (Å²) >= 11 is 0.796. The molecule has 2 aliphatic heterocycles. The van der Waals surface area contributed by atoms with Gasteiger partial charge >= 0.3 is 0 Å². The number of benzene rings is 1. The van der Waals surface area contributed by atoms with Crippen LogP contribution in [0.15, 0.2) is 39.9 Å². The van der Waals surface area contributed by atoms with Crippen LogP contribution >= 0.6 is 11.8 Å². The Bertz CT molecular complexity index is 1380. The number of hydrazone groups is 1. The molecule has 0 fully saturated rings. The van der Waals surface area contributed by atoms with Crippen molar-refractivity contribution in [3.8, 4) is 5.69 Å². The van der Waals surface area contributed by atoms with E-state index in [1.54, 1.807) is 6.08 Å². The molecule has 1 amide bonds. The zero-order chi connectivity index (χ0) is 23.4. The molecule has 1 aromatic carbocycles. The highest BCUT2D eigenvalue weighted by molar-refractivity contribution is 8.42. The zero-order valence-electron chi connectivity index (χ0n) is 18.4. The first-order chi connectivity index (χ1) is 15.0. The molecule has 2 aliphatic rings. The molecular formula is C22H23N5O3S2. The summed E-state index contributed by atoms with van der Waals surface area (Å²) in [6.07, 6.45) is 1.62. The minimum atomic E-state index is -3.56. The standard InChI is InChI=1S/C22H23N5O3S2/c1-6-32(29,30)22-25-27-19(23)18(20(28)24-21(27)31-22)11-16-10-14(4)26(15(16)5)17-8-7-12(2)13(3)9-17/h7-11,23H,6H2,1-5H3/b18-11-,23-19?. The predicted molar refractivity (Wildman–Crippen MR) is 129 cm³/mol. The fraction of sp³-hybridized carbons (Fsp3) is 0.273. The van der Waals surface area contributed by atoms with E-state index >= 15 is 0 Å². The third-order valence-electron chi connectivity index (χ3n) is 5.60. The topological polar surface area (TPSA) is 108 Å². The van der Waals surface area contributed by atoms with Crippen molar-refractivity contribution in [3.05, 3.63) is 57.9 Å². The van der Waals surface area contributed by atoms with Crippen LogP contribution in [0.5, 0.6) is 0 Å². The lowest BCUT2D eigenvalue weighted by molar-refractivity contribution is -0.114. The number of rotatable bonds is 3. The van der Waals surface area contributed by atoms with Gasteiger partial charge in [0.05, 0.1) is 11.3 Å². The molecule has 1 aromatic heterocycles. The highest BCUT2D eigenvalue weighted by Crippen LogP contribution is 2.31. The Kier molecular flexibility index (Phi) is 5.46. The van der Waals surface area contributed by atoms with Crippen molar-refractivity contribution < 1.29 is 13.2 Å². The van der Waals surface area contributed by atoms with E-state index in [2.05, 4.69) is 46.7 Å². The van der Waals surface area contributed by atoms with Crippen LogP contribution in [0.2, 0.25) is 0 Å². The molecule has 2 aromatic rings. The fourth-order valence-corrected chi connectivity index (χ4v) is 5.74. The first kappa shape index (κ1) is 22.2. The van der Waals surface area contributed by atoms with Crippen molar-refractivity contribution in [1.82, 2.24) is 9.58 Å². The molecule has 1 N–H and O–H groups in total. The highest BCUT2D eigenvalue weighted by atomic mass is 32.3. The second kappa shape index (κ2) is 7.86. The van der Waals surface area contributed by atoms with Crippen LogP contribution in [-0.4, -0.2) is 45.0 Å². The lowest BCUT2D eigenvalue weighted by Crippen LogP contribution is -2.35. The third kappa shape index (κ3) is 3.63. The fourth-order valence-electron chi connectivity index (χ4n) is 3.57. The largest absolute Gasteiger partial charge is 0.318 e. The molecule has 0 atom stereocenters. The van der Waals surface area contributed by atoms with Crippen molar-refractivity contribution in [2.24, 2.45) is 10.1 Å². The average molecular weight is 470 g/mol. The van der Waals surface area contributed by atoms with Gasteiger partial charge in [0.2, 0.25) is 19.4 Å². The van der Waals surface area contributed by atoms with E-state index in [1.807, 2.05) is 19.9 Å². The van der Waals surface area contributed by atoms with Crippen LogP contribution in [0.3, 0.4) is 0 Å². The summed E-state index contributed by atoms with van der Waals surface area (Å²) in [5, 5.41) is 13.7. The summed E-state index contributed by atoms with van der Waals surface area (Å²) < 4.78 is 26.3. The Morgan fingerprint density at radius 2 is 1.84 bits per heavy atom. The second-order valence-corrected chi connectivity index (χ2v) is 11.1. The number of fused-ring (bicyclic) bond motifs is 1. The zero-order valence-corrected chi connectivity index (χ0v) is 20.1. The lowest BCUT2D eigenvalue weighted by Gasteiger charge is -2.20. The van der Waals surface area contributed by atoms with Crippen molar-refractivity contribution in [3.63, 3.8) is 0 Å². The monoisotopic (exact) mass is 469 g/mol. The van der Waals surface area contributed by atoms with Crippen molar-refractivity contribution in [2.45, 2.75) is 34.6 Å². The van der Waals surface area contributed by atoms with E-state index in [1.165, 1.54) is 18.1 Å². The van der Waals surface area contributed by atoms with Crippen molar-refractivity contribution >= 4 is 49.0 Å². The van der Waals surface area contributed by atoms with E-state index < -0.39 is 15.7 Å². The molecule has 0 aliphatic carbocycles. The Labute approximate surface area is 191 Å². The van der Waals surface area contributed by atoms with Gasteiger partial charge in [-0.2, -0.15) is 10.0 Å². The average Bonchev–Trinajstić information content (AvgIpc) is 3.29. The van der Waals surface area contributed by atoms with Crippen molar-refractivity contribution in [2.75, 3.05) is 5.75 Å². The number of carbonyl (C=O) groups excluding carboxylic acids is 1. The molecule has 3 heterocycles. The number of amides is 1. The van der Waals surface area contributed by atoms with Crippen LogP contribution in [0.4, 0.5) is 0 Å². The number of aliphatic imine (C=N–C) groups is 1. The number of carbonyl (C=O) groups is 1. The second-order valence-electron chi connectivity index (χ2n) is 7.72. The maximum atomic E-state index is 12.7. The molecule has 4 rings (SSSR count). The van der Waals surface area contributed by atoms with Gasteiger partial charge in [0.25, 0.3) is 5.91 Å².